The van der Waals surface area contributed by atoms with Crippen LogP contribution in [0.15, 0.2) is 24.3 Å². The van der Waals surface area contributed by atoms with Crippen molar-refractivity contribution in [3.8, 4) is 0 Å². The normalized spacial score (nSPS) is 24.5. The predicted octanol–water partition coefficient (Wildman–Crippen LogP) is 0.981. The number of rotatable bonds is 3. The summed E-state index contributed by atoms with van der Waals surface area (Å²) in [4.78, 5) is 23.5. The van der Waals surface area contributed by atoms with E-state index in [1.807, 2.05) is 24.3 Å². The van der Waals surface area contributed by atoms with Crippen LogP contribution in [0, 0.1) is 0 Å². The average molecular weight is 273 g/mol. The van der Waals surface area contributed by atoms with E-state index in [2.05, 4.69) is 16.0 Å². The fourth-order valence-corrected chi connectivity index (χ4v) is 2.92. The molecule has 2 atom stereocenters. The van der Waals surface area contributed by atoms with E-state index in [0.29, 0.717) is 13.0 Å². The molecule has 5 heteroatoms. The van der Waals surface area contributed by atoms with Crippen LogP contribution in [0.25, 0.3) is 0 Å². The third-order valence-corrected chi connectivity index (χ3v) is 4.01. The first-order chi connectivity index (χ1) is 9.74. The molecule has 0 aromatic heterocycles. The van der Waals surface area contributed by atoms with Crippen molar-refractivity contribution < 1.29 is 9.59 Å². The van der Waals surface area contributed by atoms with Crippen LogP contribution in [0.1, 0.15) is 30.7 Å². The SMILES string of the molecule is O=C1CCC(CNC(=O)C2CCNc3ccccc32)N1. The van der Waals surface area contributed by atoms with Crippen LogP contribution in [0.2, 0.25) is 0 Å². The zero-order valence-corrected chi connectivity index (χ0v) is 11.3. The van der Waals surface area contributed by atoms with Crippen LogP contribution in [-0.4, -0.2) is 30.9 Å². The van der Waals surface area contributed by atoms with Crippen LogP contribution in [0.5, 0.6) is 0 Å². The van der Waals surface area contributed by atoms with Gasteiger partial charge in [-0.25, -0.2) is 0 Å². The number of carbonyl (C=O) groups excluding carboxylic acids is 2. The number of anilines is 1. The summed E-state index contributed by atoms with van der Waals surface area (Å²) in [6.07, 6.45) is 2.18. The summed E-state index contributed by atoms with van der Waals surface area (Å²) in [7, 11) is 0. The Labute approximate surface area is 118 Å². The van der Waals surface area contributed by atoms with Crippen LogP contribution < -0.4 is 16.0 Å². The smallest absolute Gasteiger partial charge is 0.227 e. The summed E-state index contributed by atoms with van der Waals surface area (Å²) in [6, 6.07) is 8.03. The quantitative estimate of drug-likeness (QED) is 0.769. The lowest BCUT2D eigenvalue weighted by molar-refractivity contribution is -0.123. The van der Waals surface area contributed by atoms with Crippen LogP contribution in [-0.2, 0) is 9.59 Å². The Hall–Kier alpha value is -2.04. The van der Waals surface area contributed by atoms with Crippen molar-refractivity contribution in [1.82, 2.24) is 10.6 Å². The molecule has 2 aliphatic rings. The van der Waals surface area contributed by atoms with E-state index >= 15 is 0 Å². The monoisotopic (exact) mass is 273 g/mol. The highest BCUT2D eigenvalue weighted by molar-refractivity contribution is 5.86. The van der Waals surface area contributed by atoms with Crippen LogP contribution >= 0.6 is 0 Å². The maximum atomic E-state index is 12.3. The lowest BCUT2D eigenvalue weighted by Crippen LogP contribution is -2.41. The molecular formula is C15H19N3O2. The third kappa shape index (κ3) is 2.61. The van der Waals surface area contributed by atoms with Crippen LogP contribution in [0.3, 0.4) is 0 Å². The van der Waals surface area contributed by atoms with E-state index in [0.717, 1.165) is 30.6 Å². The van der Waals surface area contributed by atoms with Gasteiger partial charge in [-0.05, 0) is 24.5 Å². The molecule has 0 radical (unpaired) electrons. The summed E-state index contributed by atoms with van der Waals surface area (Å²) >= 11 is 0. The van der Waals surface area contributed by atoms with Gasteiger partial charge in [-0.1, -0.05) is 18.2 Å². The lowest BCUT2D eigenvalue weighted by atomic mass is 9.90. The molecule has 5 nitrogen and oxygen atoms in total. The van der Waals surface area contributed by atoms with E-state index in [1.54, 1.807) is 0 Å². The number of hydrogen-bond donors (Lipinski definition) is 3. The van der Waals surface area contributed by atoms with Gasteiger partial charge >= 0.3 is 0 Å². The number of fused-ring (bicyclic) bond motifs is 1. The Morgan fingerprint density at radius 3 is 2.95 bits per heavy atom. The van der Waals surface area contributed by atoms with Gasteiger partial charge < -0.3 is 16.0 Å². The maximum Gasteiger partial charge on any atom is 0.227 e. The summed E-state index contributed by atoms with van der Waals surface area (Å²) in [5.74, 6) is 0.0427. The Kier molecular flexibility index (Phi) is 3.58. The second kappa shape index (κ2) is 5.53. The molecule has 2 unspecified atom stereocenters. The molecule has 1 fully saturated rings. The Balaban J connectivity index is 1.62. The summed E-state index contributed by atoms with van der Waals surface area (Å²) in [6.45, 7) is 1.34. The molecule has 1 saturated heterocycles. The minimum Gasteiger partial charge on any atom is -0.385 e. The summed E-state index contributed by atoms with van der Waals surface area (Å²) in [5, 5.41) is 9.15. The predicted molar refractivity (Wildman–Crippen MR) is 76.5 cm³/mol. The van der Waals surface area contributed by atoms with Crippen molar-refractivity contribution in [3.63, 3.8) is 0 Å². The van der Waals surface area contributed by atoms with Gasteiger partial charge in [-0.2, -0.15) is 0 Å². The molecule has 0 aliphatic carbocycles. The number of nitrogens with one attached hydrogen (secondary N) is 3. The number of benzene rings is 1. The molecule has 3 rings (SSSR count). The number of carbonyl (C=O) groups is 2. The van der Waals surface area contributed by atoms with Gasteiger partial charge in [0, 0.05) is 31.2 Å². The molecule has 106 valence electrons. The number of hydrogen-bond acceptors (Lipinski definition) is 3. The maximum absolute atomic E-state index is 12.3. The van der Waals surface area contributed by atoms with E-state index in [-0.39, 0.29) is 23.8 Å². The van der Waals surface area contributed by atoms with E-state index < -0.39 is 0 Å². The van der Waals surface area contributed by atoms with Crippen molar-refractivity contribution >= 4 is 17.5 Å². The lowest BCUT2D eigenvalue weighted by Gasteiger charge is -2.26. The van der Waals surface area contributed by atoms with Gasteiger partial charge in [0.15, 0.2) is 0 Å². The topological polar surface area (TPSA) is 70.2 Å². The average Bonchev–Trinajstić information content (AvgIpc) is 2.90. The van der Waals surface area contributed by atoms with Crippen molar-refractivity contribution in [2.75, 3.05) is 18.4 Å². The molecule has 0 bridgehead atoms. The van der Waals surface area contributed by atoms with Crippen molar-refractivity contribution in [2.24, 2.45) is 0 Å². The minimum absolute atomic E-state index is 0.0556. The molecule has 3 N–H and O–H groups in total. The first kappa shape index (κ1) is 13.0. The summed E-state index contributed by atoms with van der Waals surface area (Å²) < 4.78 is 0. The van der Waals surface area contributed by atoms with Gasteiger partial charge in [0.1, 0.15) is 0 Å². The van der Waals surface area contributed by atoms with Gasteiger partial charge in [-0.15, -0.1) is 0 Å². The molecule has 2 amide bonds. The second-order valence-corrected chi connectivity index (χ2v) is 5.40. The van der Waals surface area contributed by atoms with Crippen LogP contribution in [0.4, 0.5) is 5.69 Å². The third-order valence-electron chi connectivity index (χ3n) is 4.01. The number of para-hydroxylation sites is 1. The van der Waals surface area contributed by atoms with E-state index in [1.165, 1.54) is 0 Å². The van der Waals surface area contributed by atoms with Gasteiger partial charge in [-0.3, -0.25) is 9.59 Å². The van der Waals surface area contributed by atoms with E-state index in [9.17, 15) is 9.59 Å². The Morgan fingerprint density at radius 1 is 1.30 bits per heavy atom. The molecular weight excluding hydrogens is 254 g/mol. The molecule has 1 aromatic rings. The minimum atomic E-state index is -0.0930. The van der Waals surface area contributed by atoms with Crippen molar-refractivity contribution in [1.29, 1.82) is 0 Å². The molecule has 2 aliphatic heterocycles. The van der Waals surface area contributed by atoms with E-state index in [4.69, 9.17) is 0 Å². The first-order valence-corrected chi connectivity index (χ1v) is 7.14. The van der Waals surface area contributed by atoms with Crippen molar-refractivity contribution in [2.45, 2.75) is 31.2 Å². The Morgan fingerprint density at radius 2 is 2.15 bits per heavy atom. The summed E-state index contributed by atoms with van der Waals surface area (Å²) in [5.41, 5.74) is 2.11. The van der Waals surface area contributed by atoms with Crippen molar-refractivity contribution in [3.05, 3.63) is 29.8 Å². The highest BCUT2D eigenvalue weighted by atomic mass is 16.2. The first-order valence-electron chi connectivity index (χ1n) is 7.14. The molecule has 2 heterocycles. The molecule has 20 heavy (non-hydrogen) atoms. The molecule has 1 aromatic carbocycles. The standard InChI is InChI=1S/C15H19N3O2/c19-14-6-5-10(18-14)9-17-15(20)12-7-8-16-13-4-2-1-3-11(12)13/h1-4,10,12,16H,5-9H2,(H,17,20)(H,18,19). The van der Waals surface area contributed by atoms with Gasteiger partial charge in [0.2, 0.25) is 11.8 Å². The zero-order chi connectivity index (χ0) is 13.9. The van der Waals surface area contributed by atoms with Gasteiger partial charge in [0.05, 0.1) is 5.92 Å². The zero-order valence-electron chi connectivity index (χ0n) is 11.3. The largest absolute Gasteiger partial charge is 0.385 e. The molecule has 0 saturated carbocycles. The molecule has 0 spiro atoms. The fraction of sp³-hybridized carbons (Fsp3) is 0.467. The second-order valence-electron chi connectivity index (χ2n) is 5.40. The highest BCUT2D eigenvalue weighted by Crippen LogP contribution is 2.31. The Bertz CT molecular complexity index is 530. The van der Waals surface area contributed by atoms with Gasteiger partial charge in [0.25, 0.3) is 0 Å². The number of amides is 2. The fourth-order valence-electron chi connectivity index (χ4n) is 2.92. The highest BCUT2D eigenvalue weighted by Gasteiger charge is 2.27.